The van der Waals surface area contributed by atoms with Gasteiger partial charge in [0.2, 0.25) is 17.7 Å². The number of hydrogen-bond acceptors (Lipinski definition) is 3. The Morgan fingerprint density at radius 2 is 1.89 bits per heavy atom. The molecule has 4 rings (SSSR count). The van der Waals surface area contributed by atoms with Gasteiger partial charge in [-0.25, -0.2) is 0 Å². The van der Waals surface area contributed by atoms with E-state index < -0.39 is 5.91 Å². The molecule has 28 heavy (non-hydrogen) atoms. The van der Waals surface area contributed by atoms with Crippen molar-refractivity contribution in [2.24, 2.45) is 18.7 Å². The summed E-state index contributed by atoms with van der Waals surface area (Å²) in [5.41, 5.74) is 7.53. The summed E-state index contributed by atoms with van der Waals surface area (Å²) >= 11 is 0. The van der Waals surface area contributed by atoms with Crippen LogP contribution in [0.4, 0.5) is 0 Å². The molecule has 7 nitrogen and oxygen atoms in total. The van der Waals surface area contributed by atoms with Crippen molar-refractivity contribution in [2.45, 2.75) is 31.7 Å². The van der Waals surface area contributed by atoms with Gasteiger partial charge in [0, 0.05) is 56.2 Å². The molecule has 3 amide bonds. The van der Waals surface area contributed by atoms with Crippen molar-refractivity contribution in [2.75, 3.05) is 19.6 Å². The first kappa shape index (κ1) is 18.5. The van der Waals surface area contributed by atoms with E-state index in [1.165, 1.54) is 0 Å². The van der Waals surface area contributed by atoms with Crippen LogP contribution in [0, 0.1) is 5.92 Å². The van der Waals surface area contributed by atoms with Crippen LogP contribution in [-0.4, -0.2) is 57.8 Å². The molecule has 1 unspecified atom stereocenters. The SMILES string of the molecule is Cn1cc(CC(=O)N2CCC(N3CC(C(N)=O)CC3=O)CC2)c2ccccc21. The second kappa shape index (κ2) is 7.30. The maximum Gasteiger partial charge on any atom is 0.227 e. The van der Waals surface area contributed by atoms with Gasteiger partial charge in [0.15, 0.2) is 0 Å². The fourth-order valence-electron chi connectivity index (χ4n) is 4.54. The molecule has 148 valence electrons. The average Bonchev–Trinajstić information content (AvgIpc) is 3.23. The van der Waals surface area contributed by atoms with Crippen molar-refractivity contribution in [1.29, 1.82) is 0 Å². The minimum Gasteiger partial charge on any atom is -0.369 e. The number of likely N-dealkylation sites (tertiary alicyclic amines) is 2. The Morgan fingerprint density at radius 1 is 1.18 bits per heavy atom. The van der Waals surface area contributed by atoms with Gasteiger partial charge in [-0.2, -0.15) is 0 Å². The van der Waals surface area contributed by atoms with Gasteiger partial charge in [-0.05, 0) is 24.5 Å². The Kier molecular flexibility index (Phi) is 4.83. The Morgan fingerprint density at radius 3 is 2.57 bits per heavy atom. The monoisotopic (exact) mass is 382 g/mol. The van der Waals surface area contributed by atoms with E-state index in [0.717, 1.165) is 29.3 Å². The number of carbonyl (C=O) groups excluding carboxylic acids is 3. The van der Waals surface area contributed by atoms with Gasteiger partial charge in [0.25, 0.3) is 0 Å². The van der Waals surface area contributed by atoms with Crippen LogP contribution in [0.1, 0.15) is 24.8 Å². The van der Waals surface area contributed by atoms with Gasteiger partial charge in [-0.3, -0.25) is 14.4 Å². The molecular weight excluding hydrogens is 356 g/mol. The van der Waals surface area contributed by atoms with Crippen LogP contribution >= 0.6 is 0 Å². The summed E-state index contributed by atoms with van der Waals surface area (Å²) in [5.74, 6) is -0.654. The summed E-state index contributed by atoms with van der Waals surface area (Å²) in [6, 6.07) is 8.20. The minimum atomic E-state index is -0.404. The number of rotatable bonds is 4. The molecule has 0 bridgehead atoms. The largest absolute Gasteiger partial charge is 0.369 e. The highest BCUT2D eigenvalue weighted by Crippen LogP contribution is 2.26. The van der Waals surface area contributed by atoms with Crippen molar-refractivity contribution in [3.8, 4) is 0 Å². The molecule has 3 heterocycles. The third-order valence-corrected chi connectivity index (χ3v) is 6.14. The summed E-state index contributed by atoms with van der Waals surface area (Å²) in [4.78, 5) is 40.1. The molecule has 0 spiro atoms. The van der Waals surface area contributed by atoms with Crippen molar-refractivity contribution >= 4 is 28.6 Å². The number of amides is 3. The molecule has 2 N–H and O–H groups in total. The normalized spacial score (nSPS) is 20.9. The number of hydrogen-bond donors (Lipinski definition) is 1. The van der Waals surface area contributed by atoms with Gasteiger partial charge >= 0.3 is 0 Å². The maximum absolute atomic E-state index is 12.8. The maximum atomic E-state index is 12.8. The smallest absolute Gasteiger partial charge is 0.227 e. The van der Waals surface area contributed by atoms with Crippen LogP contribution in [0.5, 0.6) is 0 Å². The molecule has 0 saturated carbocycles. The predicted octanol–water partition coefficient (Wildman–Crippen LogP) is 1.05. The van der Waals surface area contributed by atoms with Crippen molar-refractivity contribution in [1.82, 2.24) is 14.4 Å². The Balaban J connectivity index is 1.37. The van der Waals surface area contributed by atoms with Crippen LogP contribution in [-0.2, 0) is 27.9 Å². The molecule has 2 aliphatic rings. The lowest BCUT2D eigenvalue weighted by atomic mass is 10.0. The number of para-hydroxylation sites is 1. The number of aromatic nitrogens is 1. The lowest BCUT2D eigenvalue weighted by molar-refractivity contribution is -0.134. The number of fused-ring (bicyclic) bond motifs is 1. The van der Waals surface area contributed by atoms with Crippen molar-refractivity contribution in [3.05, 3.63) is 36.0 Å². The number of carbonyl (C=O) groups is 3. The average molecular weight is 382 g/mol. The molecule has 2 fully saturated rings. The van der Waals surface area contributed by atoms with Crippen LogP contribution in [0.15, 0.2) is 30.5 Å². The summed E-state index contributed by atoms with van der Waals surface area (Å²) in [5, 5.41) is 1.12. The lowest BCUT2D eigenvalue weighted by Crippen LogP contribution is -2.47. The van der Waals surface area contributed by atoms with Crippen molar-refractivity contribution in [3.63, 3.8) is 0 Å². The summed E-state index contributed by atoms with van der Waals surface area (Å²) in [6.45, 7) is 1.70. The zero-order valence-corrected chi connectivity index (χ0v) is 16.1. The standard InChI is InChI=1S/C21H26N4O3/c1-23-12-14(17-4-2-3-5-18(17)23)10-19(26)24-8-6-16(7-9-24)25-13-15(21(22)28)11-20(25)27/h2-5,12,15-16H,6-11,13H2,1H3,(H2,22,28). The molecule has 1 atom stereocenters. The fraction of sp³-hybridized carbons (Fsp3) is 0.476. The van der Waals surface area contributed by atoms with E-state index in [4.69, 9.17) is 5.73 Å². The van der Waals surface area contributed by atoms with Crippen LogP contribution < -0.4 is 5.73 Å². The van der Waals surface area contributed by atoms with E-state index in [2.05, 4.69) is 16.7 Å². The molecular formula is C21H26N4O3. The zero-order valence-electron chi connectivity index (χ0n) is 16.1. The molecule has 1 aromatic carbocycles. The van der Waals surface area contributed by atoms with E-state index in [0.29, 0.717) is 26.1 Å². The van der Waals surface area contributed by atoms with Gasteiger partial charge in [-0.15, -0.1) is 0 Å². The molecule has 0 radical (unpaired) electrons. The number of primary amides is 1. The van der Waals surface area contributed by atoms with Gasteiger partial charge in [0.1, 0.15) is 0 Å². The third kappa shape index (κ3) is 3.37. The third-order valence-electron chi connectivity index (χ3n) is 6.14. The molecule has 0 aliphatic carbocycles. The molecule has 2 saturated heterocycles. The van der Waals surface area contributed by atoms with Gasteiger partial charge in [0.05, 0.1) is 12.3 Å². The predicted molar refractivity (Wildman–Crippen MR) is 105 cm³/mol. The first-order valence-corrected chi connectivity index (χ1v) is 9.83. The first-order valence-electron chi connectivity index (χ1n) is 9.83. The van der Waals surface area contributed by atoms with E-state index in [1.54, 1.807) is 4.90 Å². The van der Waals surface area contributed by atoms with Crippen LogP contribution in [0.2, 0.25) is 0 Å². The van der Waals surface area contributed by atoms with Crippen LogP contribution in [0.25, 0.3) is 10.9 Å². The first-order chi connectivity index (χ1) is 13.4. The minimum absolute atomic E-state index is 0.00401. The lowest BCUT2D eigenvalue weighted by Gasteiger charge is -2.36. The van der Waals surface area contributed by atoms with E-state index in [1.807, 2.05) is 30.3 Å². The topological polar surface area (TPSA) is 88.6 Å². The Bertz CT molecular complexity index is 927. The number of nitrogens with zero attached hydrogens (tertiary/aromatic N) is 3. The summed E-state index contributed by atoms with van der Waals surface area (Å²) < 4.78 is 2.05. The number of piperidine rings is 1. The van der Waals surface area contributed by atoms with Gasteiger partial charge in [-0.1, -0.05) is 18.2 Å². The zero-order chi connectivity index (χ0) is 19.8. The second-order valence-corrected chi connectivity index (χ2v) is 7.92. The number of nitrogens with two attached hydrogens (primary N) is 1. The summed E-state index contributed by atoms with van der Waals surface area (Å²) in [7, 11) is 1.99. The highest BCUT2D eigenvalue weighted by atomic mass is 16.2. The molecule has 2 aliphatic heterocycles. The molecule has 1 aromatic heterocycles. The molecule has 7 heteroatoms. The van der Waals surface area contributed by atoms with Crippen molar-refractivity contribution < 1.29 is 14.4 Å². The fourth-order valence-corrected chi connectivity index (χ4v) is 4.54. The highest BCUT2D eigenvalue weighted by molar-refractivity contribution is 5.90. The highest BCUT2D eigenvalue weighted by Gasteiger charge is 2.38. The van der Waals surface area contributed by atoms with E-state index >= 15 is 0 Å². The number of aryl methyl sites for hydroxylation is 1. The van der Waals surface area contributed by atoms with Gasteiger partial charge < -0.3 is 20.1 Å². The number of benzene rings is 1. The quantitative estimate of drug-likeness (QED) is 0.857. The van der Waals surface area contributed by atoms with Crippen LogP contribution in [0.3, 0.4) is 0 Å². The Labute approximate surface area is 164 Å². The molecule has 2 aromatic rings. The second-order valence-electron chi connectivity index (χ2n) is 7.92. The Hall–Kier alpha value is -2.83. The summed E-state index contributed by atoms with van der Waals surface area (Å²) in [6.07, 6.45) is 4.13. The van der Waals surface area contributed by atoms with E-state index in [-0.39, 0.29) is 30.2 Å². The van der Waals surface area contributed by atoms with E-state index in [9.17, 15) is 14.4 Å².